The quantitative estimate of drug-likeness (QED) is 0.666. The number of unbranched alkanes of at least 4 members (excludes halogenated alkanes) is 2. The summed E-state index contributed by atoms with van der Waals surface area (Å²) in [5, 5.41) is 12.5. The van der Waals surface area contributed by atoms with E-state index in [0.29, 0.717) is 0 Å². The summed E-state index contributed by atoms with van der Waals surface area (Å²) in [6.45, 7) is 3.14. The Labute approximate surface area is 92.3 Å². The fourth-order valence-corrected chi connectivity index (χ4v) is 2.33. The number of aliphatic carboxylic acids is 1. The second-order valence-electron chi connectivity index (χ2n) is 4.50. The monoisotopic (exact) mass is 213 g/mol. The zero-order chi connectivity index (χ0) is 11.1. The molecule has 0 aromatic heterocycles. The summed E-state index contributed by atoms with van der Waals surface area (Å²) >= 11 is 0. The molecule has 1 heterocycles. The second kappa shape index (κ2) is 6.83. The topological polar surface area (TPSA) is 49.3 Å². The molecule has 2 atom stereocenters. The van der Waals surface area contributed by atoms with E-state index >= 15 is 0 Å². The maximum Gasteiger partial charge on any atom is 0.308 e. The van der Waals surface area contributed by atoms with Crippen molar-refractivity contribution in [2.24, 2.45) is 5.92 Å². The molecule has 0 spiro atoms. The zero-order valence-electron chi connectivity index (χ0n) is 9.67. The predicted octanol–water partition coefficient (Wildman–Crippen LogP) is 2.41. The van der Waals surface area contributed by atoms with Crippen molar-refractivity contribution < 1.29 is 9.90 Å². The van der Waals surface area contributed by atoms with E-state index in [0.717, 1.165) is 38.6 Å². The first-order chi connectivity index (χ1) is 7.25. The van der Waals surface area contributed by atoms with E-state index < -0.39 is 5.97 Å². The molecule has 0 aromatic rings. The van der Waals surface area contributed by atoms with Crippen molar-refractivity contribution in [2.75, 3.05) is 6.54 Å². The molecular weight excluding hydrogens is 190 g/mol. The average molecular weight is 213 g/mol. The maximum atomic E-state index is 11.2. The highest BCUT2D eigenvalue weighted by Gasteiger charge is 2.28. The molecular formula is C12H23NO2. The van der Waals surface area contributed by atoms with Gasteiger partial charge in [-0.25, -0.2) is 0 Å². The highest BCUT2D eigenvalue weighted by molar-refractivity contribution is 5.70. The van der Waals surface area contributed by atoms with Crippen molar-refractivity contribution in [1.29, 1.82) is 0 Å². The second-order valence-corrected chi connectivity index (χ2v) is 4.50. The van der Waals surface area contributed by atoms with E-state index in [4.69, 9.17) is 0 Å². The van der Waals surface area contributed by atoms with Crippen LogP contribution in [0.25, 0.3) is 0 Å². The largest absolute Gasteiger partial charge is 0.481 e. The first-order valence-electron chi connectivity index (χ1n) is 6.22. The van der Waals surface area contributed by atoms with Gasteiger partial charge in [0.2, 0.25) is 0 Å². The molecule has 88 valence electrons. The molecule has 0 aliphatic carbocycles. The van der Waals surface area contributed by atoms with Gasteiger partial charge in [-0.05, 0) is 25.8 Å². The Hall–Kier alpha value is -0.570. The molecule has 0 aromatic carbocycles. The Kier molecular flexibility index (Phi) is 5.69. The molecule has 15 heavy (non-hydrogen) atoms. The lowest BCUT2D eigenvalue weighted by Gasteiger charge is -2.28. The highest BCUT2D eigenvalue weighted by Crippen LogP contribution is 2.21. The summed E-state index contributed by atoms with van der Waals surface area (Å²) in [5.74, 6) is -0.789. The molecule has 1 rings (SSSR count). The smallest absolute Gasteiger partial charge is 0.308 e. The van der Waals surface area contributed by atoms with Crippen LogP contribution in [0.5, 0.6) is 0 Å². The van der Waals surface area contributed by atoms with Crippen molar-refractivity contribution in [1.82, 2.24) is 5.32 Å². The lowest BCUT2D eigenvalue weighted by molar-refractivity contribution is -0.143. The molecule has 1 saturated heterocycles. The van der Waals surface area contributed by atoms with E-state index in [1.807, 2.05) is 0 Å². The van der Waals surface area contributed by atoms with Crippen LogP contribution in [-0.4, -0.2) is 23.7 Å². The number of rotatable bonds is 6. The molecule has 1 fully saturated rings. The fourth-order valence-electron chi connectivity index (χ4n) is 2.33. The van der Waals surface area contributed by atoms with Crippen molar-refractivity contribution in [3.05, 3.63) is 0 Å². The van der Waals surface area contributed by atoms with Gasteiger partial charge in [-0.2, -0.15) is 0 Å². The van der Waals surface area contributed by atoms with Crippen molar-refractivity contribution in [3.63, 3.8) is 0 Å². The first-order valence-corrected chi connectivity index (χ1v) is 6.22. The minimum absolute atomic E-state index is 0.170. The van der Waals surface area contributed by atoms with Gasteiger partial charge in [0, 0.05) is 6.04 Å². The van der Waals surface area contributed by atoms with Crippen LogP contribution in [0.4, 0.5) is 0 Å². The number of carboxylic acid groups (broad SMARTS) is 1. The normalized spacial score (nSPS) is 23.7. The van der Waals surface area contributed by atoms with Crippen LogP contribution in [0, 0.1) is 5.92 Å². The van der Waals surface area contributed by atoms with Gasteiger partial charge in [-0.1, -0.05) is 32.6 Å². The fraction of sp³-hybridized carbons (Fsp3) is 0.917. The standard InChI is InChI=1S/C12H23NO2/c1-2-3-4-7-10(12(14)15)11-8-5-6-9-13-11/h10-11,13H,2-9H2,1H3,(H,14,15). The molecule has 0 amide bonds. The highest BCUT2D eigenvalue weighted by atomic mass is 16.4. The Morgan fingerprint density at radius 1 is 1.47 bits per heavy atom. The van der Waals surface area contributed by atoms with Crippen LogP contribution < -0.4 is 5.32 Å². The van der Waals surface area contributed by atoms with Crippen LogP contribution >= 0.6 is 0 Å². The summed E-state index contributed by atoms with van der Waals surface area (Å²) in [7, 11) is 0. The summed E-state index contributed by atoms with van der Waals surface area (Å²) in [6, 6.07) is 0.216. The van der Waals surface area contributed by atoms with Gasteiger partial charge >= 0.3 is 5.97 Å². The van der Waals surface area contributed by atoms with E-state index in [9.17, 15) is 9.90 Å². The van der Waals surface area contributed by atoms with Gasteiger partial charge in [0.25, 0.3) is 0 Å². The lowest BCUT2D eigenvalue weighted by atomic mass is 9.88. The zero-order valence-corrected chi connectivity index (χ0v) is 9.67. The van der Waals surface area contributed by atoms with Gasteiger partial charge in [-0.15, -0.1) is 0 Å². The summed E-state index contributed by atoms with van der Waals surface area (Å²) < 4.78 is 0. The number of carbonyl (C=O) groups is 1. The van der Waals surface area contributed by atoms with Gasteiger partial charge in [0.1, 0.15) is 0 Å². The molecule has 0 radical (unpaired) electrons. The third-order valence-electron chi connectivity index (χ3n) is 3.27. The van der Waals surface area contributed by atoms with Gasteiger partial charge < -0.3 is 10.4 Å². The van der Waals surface area contributed by atoms with Crippen LogP contribution in [0.15, 0.2) is 0 Å². The SMILES string of the molecule is CCCCCC(C(=O)O)C1CCCCN1. The number of piperidine rings is 1. The van der Waals surface area contributed by atoms with E-state index in [1.165, 1.54) is 12.8 Å². The Bertz CT molecular complexity index is 188. The van der Waals surface area contributed by atoms with Gasteiger partial charge in [0.15, 0.2) is 0 Å². The van der Waals surface area contributed by atoms with Crippen molar-refractivity contribution in [3.8, 4) is 0 Å². The third kappa shape index (κ3) is 4.20. The summed E-state index contributed by atoms with van der Waals surface area (Å²) in [5.41, 5.74) is 0. The van der Waals surface area contributed by atoms with E-state index in [-0.39, 0.29) is 12.0 Å². The maximum absolute atomic E-state index is 11.2. The third-order valence-corrected chi connectivity index (χ3v) is 3.27. The molecule has 3 heteroatoms. The van der Waals surface area contributed by atoms with Crippen molar-refractivity contribution >= 4 is 5.97 Å². The molecule has 0 bridgehead atoms. The average Bonchev–Trinajstić information content (AvgIpc) is 2.25. The first kappa shape index (κ1) is 12.5. The molecule has 2 unspecified atom stereocenters. The summed E-state index contributed by atoms with van der Waals surface area (Å²) in [6.07, 6.45) is 7.59. The van der Waals surface area contributed by atoms with Gasteiger partial charge in [-0.3, -0.25) is 4.79 Å². The number of nitrogens with one attached hydrogen (secondary N) is 1. The number of hydrogen-bond donors (Lipinski definition) is 2. The van der Waals surface area contributed by atoms with Gasteiger partial charge in [0.05, 0.1) is 5.92 Å². The molecule has 0 saturated carbocycles. The van der Waals surface area contributed by atoms with Crippen LogP contribution in [0.3, 0.4) is 0 Å². The van der Waals surface area contributed by atoms with Crippen LogP contribution in [0.2, 0.25) is 0 Å². The number of carboxylic acids is 1. The van der Waals surface area contributed by atoms with Crippen molar-refractivity contribution in [2.45, 2.75) is 57.9 Å². The van der Waals surface area contributed by atoms with Crippen LogP contribution in [-0.2, 0) is 4.79 Å². The van der Waals surface area contributed by atoms with Crippen LogP contribution in [0.1, 0.15) is 51.9 Å². The minimum Gasteiger partial charge on any atom is -0.481 e. The Balaban J connectivity index is 2.37. The number of hydrogen-bond acceptors (Lipinski definition) is 2. The predicted molar refractivity (Wildman–Crippen MR) is 60.9 cm³/mol. The molecule has 3 nitrogen and oxygen atoms in total. The molecule has 1 aliphatic heterocycles. The van der Waals surface area contributed by atoms with E-state index in [2.05, 4.69) is 12.2 Å². The summed E-state index contributed by atoms with van der Waals surface area (Å²) in [4.78, 5) is 11.2. The Morgan fingerprint density at radius 3 is 2.80 bits per heavy atom. The molecule has 2 N–H and O–H groups in total. The lowest BCUT2D eigenvalue weighted by Crippen LogP contribution is -2.43. The Morgan fingerprint density at radius 2 is 2.27 bits per heavy atom. The molecule has 1 aliphatic rings. The van der Waals surface area contributed by atoms with E-state index in [1.54, 1.807) is 0 Å². The minimum atomic E-state index is -0.620.